The van der Waals surface area contributed by atoms with Gasteiger partial charge < -0.3 is 15.2 Å². The van der Waals surface area contributed by atoms with Crippen molar-refractivity contribution in [3.05, 3.63) is 47.0 Å². The maximum Gasteiger partial charge on any atom is 0.271 e. The van der Waals surface area contributed by atoms with E-state index in [0.29, 0.717) is 38.0 Å². The van der Waals surface area contributed by atoms with Crippen molar-refractivity contribution >= 4 is 22.8 Å². The van der Waals surface area contributed by atoms with Crippen LogP contribution in [-0.2, 0) is 24.2 Å². The van der Waals surface area contributed by atoms with E-state index in [-0.39, 0.29) is 11.8 Å². The summed E-state index contributed by atoms with van der Waals surface area (Å²) >= 11 is 0. The number of carbonyl (C=O) groups excluding carboxylic acids is 2. The van der Waals surface area contributed by atoms with Gasteiger partial charge in [-0.1, -0.05) is 12.1 Å². The Morgan fingerprint density at radius 2 is 2.15 bits per heavy atom. The normalized spacial score (nSPS) is 13.7. The summed E-state index contributed by atoms with van der Waals surface area (Å²) in [5, 5.41) is 9.58. The van der Waals surface area contributed by atoms with Crippen LogP contribution in [0, 0.1) is 0 Å². The van der Waals surface area contributed by atoms with Gasteiger partial charge in [-0.05, 0) is 12.1 Å². The maximum atomic E-state index is 12.6. The van der Waals surface area contributed by atoms with Crippen molar-refractivity contribution in [2.75, 3.05) is 13.6 Å². The maximum absolute atomic E-state index is 12.6. The minimum Gasteiger partial charge on any atom is -0.354 e. The van der Waals surface area contributed by atoms with Gasteiger partial charge in [0.2, 0.25) is 5.91 Å². The molecule has 134 valence electrons. The number of aromatic nitrogens is 4. The van der Waals surface area contributed by atoms with E-state index >= 15 is 0 Å². The minimum atomic E-state index is -0.237. The predicted octanol–water partition coefficient (Wildman–Crippen LogP) is 1.16. The Hall–Kier alpha value is -3.16. The molecule has 2 aromatic heterocycles. The Bertz CT molecular complexity index is 940. The van der Waals surface area contributed by atoms with E-state index in [9.17, 15) is 9.59 Å². The fourth-order valence-electron chi connectivity index (χ4n) is 3.32. The van der Waals surface area contributed by atoms with Gasteiger partial charge in [0.05, 0.1) is 11.0 Å². The summed E-state index contributed by atoms with van der Waals surface area (Å²) in [6, 6.07) is 7.82. The number of imidazole rings is 1. The summed E-state index contributed by atoms with van der Waals surface area (Å²) < 4.78 is 0. The predicted molar refractivity (Wildman–Crippen MR) is 95.5 cm³/mol. The van der Waals surface area contributed by atoms with Crippen molar-refractivity contribution < 1.29 is 9.59 Å². The highest BCUT2D eigenvalue weighted by molar-refractivity contribution is 5.94. The Morgan fingerprint density at radius 3 is 2.96 bits per heavy atom. The fourth-order valence-corrected chi connectivity index (χ4v) is 3.32. The Labute approximate surface area is 150 Å². The smallest absolute Gasteiger partial charge is 0.271 e. The van der Waals surface area contributed by atoms with E-state index in [1.807, 2.05) is 24.3 Å². The van der Waals surface area contributed by atoms with Crippen LogP contribution in [0.5, 0.6) is 0 Å². The van der Waals surface area contributed by atoms with Gasteiger partial charge in [-0.25, -0.2) is 4.98 Å². The molecular formula is C18H20N6O2. The second-order valence-electron chi connectivity index (χ2n) is 6.37. The first kappa shape index (κ1) is 16.3. The van der Waals surface area contributed by atoms with Crippen molar-refractivity contribution in [3.8, 4) is 0 Å². The molecule has 0 fully saturated rings. The topological polar surface area (TPSA) is 107 Å². The number of nitrogens with zero attached hydrogens (tertiary/aromatic N) is 3. The molecule has 0 spiro atoms. The van der Waals surface area contributed by atoms with E-state index in [2.05, 4.69) is 25.5 Å². The van der Waals surface area contributed by atoms with Crippen LogP contribution in [0.3, 0.4) is 0 Å². The van der Waals surface area contributed by atoms with Crippen molar-refractivity contribution in [1.82, 2.24) is 30.4 Å². The molecule has 0 atom stereocenters. The SMILES string of the molecule is CNC(=O)c1n[nH]c2c1CN(C(=O)CCc1nc3ccccc3[nH]1)CC2. The second kappa shape index (κ2) is 6.62. The highest BCUT2D eigenvalue weighted by Crippen LogP contribution is 2.21. The third-order valence-corrected chi connectivity index (χ3v) is 4.74. The van der Waals surface area contributed by atoms with Crippen molar-refractivity contribution in [1.29, 1.82) is 0 Å². The van der Waals surface area contributed by atoms with Crippen LogP contribution in [0.2, 0.25) is 0 Å². The van der Waals surface area contributed by atoms with Gasteiger partial charge in [-0.15, -0.1) is 0 Å². The van der Waals surface area contributed by atoms with Crippen molar-refractivity contribution in [3.63, 3.8) is 0 Å². The zero-order valence-electron chi connectivity index (χ0n) is 14.5. The summed E-state index contributed by atoms with van der Waals surface area (Å²) in [6.45, 7) is 1.04. The molecular weight excluding hydrogens is 332 g/mol. The summed E-state index contributed by atoms with van der Waals surface area (Å²) in [5.41, 5.74) is 4.01. The summed E-state index contributed by atoms with van der Waals surface area (Å²) in [5.74, 6) is 0.630. The Balaban J connectivity index is 1.42. The van der Waals surface area contributed by atoms with Gasteiger partial charge in [0, 0.05) is 50.7 Å². The molecule has 0 radical (unpaired) electrons. The fraction of sp³-hybridized carbons (Fsp3) is 0.333. The first-order valence-corrected chi connectivity index (χ1v) is 8.65. The molecule has 8 nitrogen and oxygen atoms in total. The van der Waals surface area contributed by atoms with E-state index in [4.69, 9.17) is 0 Å². The Morgan fingerprint density at radius 1 is 1.31 bits per heavy atom. The molecule has 3 heterocycles. The molecule has 0 saturated carbocycles. The number of nitrogens with one attached hydrogen (secondary N) is 3. The van der Waals surface area contributed by atoms with Crippen LogP contribution in [0.25, 0.3) is 11.0 Å². The number of carbonyl (C=O) groups is 2. The van der Waals surface area contributed by atoms with E-state index in [0.717, 1.165) is 28.1 Å². The van der Waals surface area contributed by atoms with Gasteiger partial charge in [0.1, 0.15) is 5.82 Å². The lowest BCUT2D eigenvalue weighted by Crippen LogP contribution is -2.36. The zero-order chi connectivity index (χ0) is 18.1. The molecule has 4 rings (SSSR count). The minimum absolute atomic E-state index is 0.0557. The van der Waals surface area contributed by atoms with Crippen LogP contribution in [0.1, 0.15) is 34.0 Å². The monoisotopic (exact) mass is 352 g/mol. The molecule has 8 heteroatoms. The van der Waals surface area contributed by atoms with Gasteiger partial charge in [-0.3, -0.25) is 14.7 Å². The molecule has 1 aliphatic rings. The lowest BCUT2D eigenvalue weighted by atomic mass is 10.0. The molecule has 0 bridgehead atoms. The lowest BCUT2D eigenvalue weighted by Gasteiger charge is -2.27. The molecule has 26 heavy (non-hydrogen) atoms. The van der Waals surface area contributed by atoms with Crippen LogP contribution in [0.4, 0.5) is 0 Å². The third kappa shape index (κ3) is 2.94. The van der Waals surface area contributed by atoms with Crippen LogP contribution in [-0.4, -0.2) is 50.5 Å². The molecule has 1 aromatic carbocycles. The van der Waals surface area contributed by atoms with E-state index < -0.39 is 0 Å². The van der Waals surface area contributed by atoms with Gasteiger partial charge >= 0.3 is 0 Å². The number of aryl methyl sites for hydroxylation is 1. The number of benzene rings is 1. The first-order valence-electron chi connectivity index (χ1n) is 8.65. The zero-order valence-corrected chi connectivity index (χ0v) is 14.5. The molecule has 0 saturated heterocycles. The quantitative estimate of drug-likeness (QED) is 0.655. The van der Waals surface area contributed by atoms with Gasteiger partial charge in [0.15, 0.2) is 5.69 Å². The summed E-state index contributed by atoms with van der Waals surface area (Å²) in [4.78, 5) is 34.1. The van der Waals surface area contributed by atoms with E-state index in [1.165, 1.54) is 0 Å². The number of para-hydroxylation sites is 2. The van der Waals surface area contributed by atoms with Crippen LogP contribution in [0.15, 0.2) is 24.3 Å². The molecule has 3 aromatic rings. The number of hydrogen-bond donors (Lipinski definition) is 3. The van der Waals surface area contributed by atoms with E-state index in [1.54, 1.807) is 11.9 Å². The molecule has 1 aliphatic heterocycles. The summed E-state index contributed by atoms with van der Waals surface area (Å²) in [6.07, 6.45) is 1.61. The number of hydrogen-bond acceptors (Lipinski definition) is 4. The molecule has 2 amide bonds. The number of rotatable bonds is 4. The molecule has 0 aliphatic carbocycles. The lowest BCUT2D eigenvalue weighted by molar-refractivity contribution is -0.132. The van der Waals surface area contributed by atoms with Crippen LogP contribution >= 0.6 is 0 Å². The number of H-pyrrole nitrogens is 2. The molecule has 3 N–H and O–H groups in total. The van der Waals surface area contributed by atoms with Crippen LogP contribution < -0.4 is 5.32 Å². The average molecular weight is 352 g/mol. The largest absolute Gasteiger partial charge is 0.354 e. The molecule has 0 unspecified atom stereocenters. The van der Waals surface area contributed by atoms with Crippen molar-refractivity contribution in [2.24, 2.45) is 0 Å². The third-order valence-electron chi connectivity index (χ3n) is 4.74. The standard InChI is InChI=1S/C18H20N6O2/c1-19-18(26)17-11-10-24(9-8-12(11)22-23-17)16(25)7-6-15-20-13-4-2-3-5-14(13)21-15/h2-5H,6-10H2,1H3,(H,19,26)(H,20,21)(H,22,23). The van der Waals surface area contributed by atoms with Gasteiger partial charge in [-0.2, -0.15) is 5.10 Å². The summed E-state index contributed by atoms with van der Waals surface area (Å²) in [7, 11) is 1.57. The average Bonchev–Trinajstić information content (AvgIpc) is 3.28. The number of aromatic amines is 2. The number of amides is 2. The Kier molecular flexibility index (Phi) is 4.16. The number of fused-ring (bicyclic) bond motifs is 2. The highest BCUT2D eigenvalue weighted by atomic mass is 16.2. The first-order chi connectivity index (χ1) is 12.7. The second-order valence-corrected chi connectivity index (χ2v) is 6.37. The van der Waals surface area contributed by atoms with Gasteiger partial charge in [0.25, 0.3) is 5.91 Å². The van der Waals surface area contributed by atoms with Crippen molar-refractivity contribution in [2.45, 2.75) is 25.8 Å². The highest BCUT2D eigenvalue weighted by Gasteiger charge is 2.27.